The number of carbonyl (C=O) groups excluding carboxylic acids is 2. The van der Waals surface area contributed by atoms with Crippen molar-refractivity contribution >= 4 is 91.4 Å². The van der Waals surface area contributed by atoms with Crippen molar-refractivity contribution in [2.75, 3.05) is 7.11 Å². The van der Waals surface area contributed by atoms with Gasteiger partial charge in [0.2, 0.25) is 5.91 Å². The topological polar surface area (TPSA) is 58.6 Å². The Morgan fingerprint density at radius 1 is 1.23 bits per heavy atom. The first-order chi connectivity index (χ1) is 14.8. The molecule has 1 saturated heterocycles. The summed E-state index contributed by atoms with van der Waals surface area (Å²) >= 11 is 11.2. The molecule has 0 aromatic heterocycles. The van der Waals surface area contributed by atoms with Gasteiger partial charge in [-0.05, 0) is 132 Å². The van der Waals surface area contributed by atoms with Gasteiger partial charge in [0.05, 0.1) is 21.0 Å². The first-order valence-corrected chi connectivity index (χ1v) is 13.8. The van der Waals surface area contributed by atoms with Crippen LogP contribution in [0, 0.1) is 30.3 Å². The van der Waals surface area contributed by atoms with Crippen LogP contribution in [0.1, 0.15) is 44.1 Å². The molecule has 1 heterocycles. The van der Waals surface area contributed by atoms with Crippen LogP contribution >= 0.6 is 69.2 Å². The van der Waals surface area contributed by atoms with Gasteiger partial charge in [0.1, 0.15) is 5.75 Å². The highest BCUT2D eigenvalue weighted by Gasteiger charge is 2.55. The van der Waals surface area contributed by atoms with Crippen molar-refractivity contribution in [2.24, 2.45) is 23.2 Å². The minimum atomic E-state index is -0.323. The van der Waals surface area contributed by atoms with E-state index in [1.54, 1.807) is 13.2 Å². The van der Waals surface area contributed by atoms with Gasteiger partial charge in [-0.15, -0.1) is 0 Å². The first kappa shape index (κ1) is 22.4. The molecule has 2 amide bonds. The number of ether oxygens (including phenoxy) is 1. The average Bonchev–Trinajstić information content (AvgIpc) is 2.94. The fraction of sp³-hybridized carbons (Fsp3) is 0.500. The second kappa shape index (κ2) is 8.43. The van der Waals surface area contributed by atoms with Gasteiger partial charge in [0.15, 0.2) is 4.32 Å². The Balaban J connectivity index is 1.37. The normalized spacial score (nSPS) is 32.8. The number of hydrogen-bond acceptors (Lipinski definition) is 5. The van der Waals surface area contributed by atoms with E-state index in [9.17, 15) is 9.59 Å². The molecule has 0 unspecified atom stereocenters. The van der Waals surface area contributed by atoms with E-state index in [0.717, 1.165) is 37.7 Å². The number of thiocarbonyl (C=S) groups is 1. The minimum absolute atomic E-state index is 0.0226. The lowest BCUT2D eigenvalue weighted by molar-refractivity contribution is -0.152. The van der Waals surface area contributed by atoms with E-state index >= 15 is 0 Å². The molecule has 4 aliphatic carbocycles. The van der Waals surface area contributed by atoms with Gasteiger partial charge in [-0.1, -0.05) is 11.8 Å². The van der Waals surface area contributed by atoms with Gasteiger partial charge in [-0.2, -0.15) is 5.01 Å². The molecule has 5 aliphatic rings. The number of halogens is 2. The van der Waals surface area contributed by atoms with E-state index in [0.29, 0.717) is 27.0 Å². The van der Waals surface area contributed by atoms with Crippen molar-refractivity contribution in [1.29, 1.82) is 0 Å². The maximum atomic E-state index is 13.4. The number of hydrazine groups is 1. The molecule has 4 bridgehead atoms. The number of nitrogens with zero attached hydrogens (tertiary/aromatic N) is 1. The third-order valence-corrected chi connectivity index (χ3v) is 9.78. The summed E-state index contributed by atoms with van der Waals surface area (Å²) in [5.41, 5.74) is 3.41. The van der Waals surface area contributed by atoms with Crippen LogP contribution in [-0.4, -0.2) is 28.3 Å². The Morgan fingerprint density at radius 3 is 2.42 bits per heavy atom. The lowest BCUT2D eigenvalue weighted by Crippen LogP contribution is -2.57. The van der Waals surface area contributed by atoms with Crippen LogP contribution in [0.25, 0.3) is 6.08 Å². The molecule has 0 radical (unpaired) electrons. The fourth-order valence-electron chi connectivity index (χ4n) is 6.22. The van der Waals surface area contributed by atoms with E-state index < -0.39 is 0 Å². The molecule has 9 heteroatoms. The Bertz CT molecular complexity index is 991. The minimum Gasteiger partial charge on any atom is -0.495 e. The summed E-state index contributed by atoms with van der Waals surface area (Å²) in [5.74, 6) is 2.43. The molecule has 0 spiro atoms. The van der Waals surface area contributed by atoms with Gasteiger partial charge in [-0.25, -0.2) is 0 Å². The second-order valence-electron chi connectivity index (χ2n) is 9.17. The number of carbonyl (C=O) groups is 2. The maximum absolute atomic E-state index is 13.4. The molecule has 4 saturated carbocycles. The smallest absolute Gasteiger partial charge is 0.285 e. The van der Waals surface area contributed by atoms with Crippen LogP contribution in [0.4, 0.5) is 0 Å². The Labute approximate surface area is 218 Å². The van der Waals surface area contributed by atoms with Gasteiger partial charge in [-0.3, -0.25) is 15.0 Å². The molecule has 1 N–H and O–H groups in total. The molecule has 1 aliphatic heterocycles. The van der Waals surface area contributed by atoms with Crippen LogP contribution in [0.3, 0.4) is 0 Å². The Hall–Kier alpha value is -0.400. The van der Waals surface area contributed by atoms with Crippen molar-refractivity contribution in [3.05, 3.63) is 29.7 Å². The number of methoxy groups -OCH3 is 1. The molecule has 31 heavy (non-hydrogen) atoms. The molecule has 5 fully saturated rings. The van der Waals surface area contributed by atoms with E-state index in [2.05, 4.69) is 50.6 Å². The lowest BCUT2D eigenvalue weighted by atomic mass is 9.49. The number of hydrogen-bond donors (Lipinski definition) is 1. The number of amides is 2. The van der Waals surface area contributed by atoms with Gasteiger partial charge < -0.3 is 4.74 Å². The zero-order valence-corrected chi connectivity index (χ0v) is 22.9. The molecule has 5 nitrogen and oxygen atoms in total. The van der Waals surface area contributed by atoms with E-state index in [4.69, 9.17) is 17.0 Å². The summed E-state index contributed by atoms with van der Waals surface area (Å²) in [6, 6.07) is 4.00. The fourth-order valence-corrected chi connectivity index (χ4v) is 9.50. The summed E-state index contributed by atoms with van der Waals surface area (Å²) in [6.45, 7) is 0. The molecule has 1 aromatic rings. The molecule has 6 rings (SSSR count). The first-order valence-electron chi connectivity index (χ1n) is 10.4. The predicted octanol–water partition coefficient (Wildman–Crippen LogP) is 5.35. The molecular weight excluding hydrogens is 658 g/mol. The quantitative estimate of drug-likeness (QED) is 0.264. The average molecular weight is 680 g/mol. The van der Waals surface area contributed by atoms with Crippen molar-refractivity contribution in [2.45, 2.75) is 38.5 Å². The van der Waals surface area contributed by atoms with Crippen LogP contribution in [0.2, 0.25) is 0 Å². The third-order valence-electron chi connectivity index (χ3n) is 7.05. The molecule has 164 valence electrons. The summed E-state index contributed by atoms with van der Waals surface area (Å²) in [5, 5.41) is 1.28. The maximum Gasteiger partial charge on any atom is 0.285 e. The number of benzene rings is 1. The summed E-state index contributed by atoms with van der Waals surface area (Å²) in [7, 11) is 1.62. The number of nitrogens with one attached hydrogen (secondary N) is 1. The number of rotatable bonds is 4. The number of thioether (sulfide) groups is 1. The highest BCUT2D eigenvalue weighted by atomic mass is 127. The zero-order valence-electron chi connectivity index (χ0n) is 17.0. The predicted molar refractivity (Wildman–Crippen MR) is 142 cm³/mol. The SMILES string of the molecule is COc1c(I)cc(I)cc1/C=C1/SC(=S)N(NC(=O)C23CC4CC(CC(C4)C2)C3)C1=O. The van der Waals surface area contributed by atoms with Crippen molar-refractivity contribution < 1.29 is 14.3 Å². The summed E-state index contributed by atoms with van der Waals surface area (Å²) in [6.07, 6.45) is 8.47. The monoisotopic (exact) mass is 680 g/mol. The highest BCUT2D eigenvalue weighted by Crippen LogP contribution is 2.60. The van der Waals surface area contributed by atoms with Crippen LogP contribution in [0.15, 0.2) is 17.0 Å². The van der Waals surface area contributed by atoms with Crippen molar-refractivity contribution in [3.8, 4) is 5.75 Å². The van der Waals surface area contributed by atoms with Crippen LogP contribution < -0.4 is 10.2 Å². The van der Waals surface area contributed by atoms with Crippen molar-refractivity contribution in [3.63, 3.8) is 0 Å². The van der Waals surface area contributed by atoms with Gasteiger partial charge in [0.25, 0.3) is 5.91 Å². The molecular formula is C22H22I2N2O3S2. The largest absolute Gasteiger partial charge is 0.495 e. The van der Waals surface area contributed by atoms with Crippen LogP contribution in [-0.2, 0) is 9.59 Å². The van der Waals surface area contributed by atoms with Gasteiger partial charge >= 0.3 is 0 Å². The van der Waals surface area contributed by atoms with E-state index in [1.807, 2.05) is 12.1 Å². The molecule has 0 atom stereocenters. The Kier molecular flexibility index (Phi) is 6.09. The second-order valence-corrected chi connectivity index (χ2v) is 13.2. The summed E-state index contributed by atoms with van der Waals surface area (Å²) < 4.78 is 7.94. The third kappa shape index (κ3) is 4.05. The van der Waals surface area contributed by atoms with Crippen LogP contribution in [0.5, 0.6) is 5.75 Å². The standard InChI is InChI=1S/C22H22I2N2O3S2/c1-29-18-14(5-15(23)7-16(18)24)6-17-19(27)26(21(30)31-17)25-20(28)22-8-11-2-12(9-22)4-13(3-11)10-22/h5-7,11-13H,2-4,8-10H2,1H3,(H,25,28)/b17-6+. The summed E-state index contributed by atoms with van der Waals surface area (Å²) in [4.78, 5) is 27.0. The lowest BCUT2D eigenvalue weighted by Gasteiger charge is -2.55. The van der Waals surface area contributed by atoms with E-state index in [-0.39, 0.29) is 17.2 Å². The van der Waals surface area contributed by atoms with E-state index in [1.165, 1.54) is 36.0 Å². The van der Waals surface area contributed by atoms with Crippen molar-refractivity contribution in [1.82, 2.24) is 10.4 Å². The van der Waals surface area contributed by atoms with Gasteiger partial charge in [0, 0.05) is 9.13 Å². The molecule has 1 aromatic carbocycles. The zero-order chi connectivity index (χ0) is 21.9. The highest BCUT2D eigenvalue weighted by molar-refractivity contribution is 14.1. The Morgan fingerprint density at radius 2 is 1.84 bits per heavy atom.